The van der Waals surface area contributed by atoms with Crippen molar-refractivity contribution in [1.82, 2.24) is 4.90 Å². The Kier molecular flexibility index (Phi) is 2.38. The summed E-state index contributed by atoms with van der Waals surface area (Å²) in [7, 11) is 0. The predicted octanol–water partition coefficient (Wildman–Crippen LogP) is 1.62. The molecular formula is C14H13NO4. The number of fused-ring (bicyclic) bond motifs is 1. The molecule has 0 atom stereocenters. The molecule has 0 radical (unpaired) electrons. The van der Waals surface area contributed by atoms with E-state index in [4.69, 9.17) is 9.47 Å². The quantitative estimate of drug-likeness (QED) is 0.757. The molecule has 0 spiro atoms. The predicted molar refractivity (Wildman–Crippen MR) is 66.5 cm³/mol. The molecule has 0 bridgehead atoms. The first kappa shape index (κ1) is 11.8. The number of amides is 2. The van der Waals surface area contributed by atoms with Gasteiger partial charge in [-0.3, -0.25) is 14.5 Å². The van der Waals surface area contributed by atoms with Gasteiger partial charge in [-0.1, -0.05) is 6.07 Å². The summed E-state index contributed by atoms with van der Waals surface area (Å²) in [5.41, 5.74) is 0.824. The maximum atomic E-state index is 11.5. The van der Waals surface area contributed by atoms with E-state index < -0.39 is 5.79 Å². The van der Waals surface area contributed by atoms with E-state index in [1.54, 1.807) is 12.1 Å². The maximum Gasteiger partial charge on any atom is 0.253 e. The zero-order valence-corrected chi connectivity index (χ0v) is 10.7. The molecule has 98 valence electrons. The first-order valence-corrected chi connectivity index (χ1v) is 5.99. The molecule has 2 amide bonds. The maximum absolute atomic E-state index is 11.5. The molecule has 0 N–H and O–H groups in total. The van der Waals surface area contributed by atoms with Crippen molar-refractivity contribution in [3.8, 4) is 11.5 Å². The topological polar surface area (TPSA) is 55.8 Å². The van der Waals surface area contributed by atoms with Crippen LogP contribution in [-0.4, -0.2) is 22.5 Å². The van der Waals surface area contributed by atoms with Crippen molar-refractivity contribution in [2.75, 3.05) is 0 Å². The number of carbonyl (C=O) groups is 2. The van der Waals surface area contributed by atoms with Gasteiger partial charge in [0.2, 0.25) is 5.79 Å². The highest BCUT2D eigenvalue weighted by atomic mass is 16.7. The monoisotopic (exact) mass is 259 g/mol. The van der Waals surface area contributed by atoms with Crippen LogP contribution in [0.2, 0.25) is 0 Å². The van der Waals surface area contributed by atoms with Crippen molar-refractivity contribution < 1.29 is 19.1 Å². The minimum atomic E-state index is -0.679. The van der Waals surface area contributed by atoms with E-state index in [-0.39, 0.29) is 18.4 Å². The van der Waals surface area contributed by atoms with Crippen molar-refractivity contribution in [2.45, 2.75) is 26.2 Å². The van der Waals surface area contributed by atoms with Crippen LogP contribution in [0.5, 0.6) is 11.5 Å². The van der Waals surface area contributed by atoms with Crippen LogP contribution >= 0.6 is 0 Å². The Balaban J connectivity index is 1.81. The lowest BCUT2D eigenvalue weighted by Gasteiger charge is -2.16. The van der Waals surface area contributed by atoms with Gasteiger partial charge in [-0.2, -0.15) is 0 Å². The average molecular weight is 259 g/mol. The molecule has 2 heterocycles. The van der Waals surface area contributed by atoms with Gasteiger partial charge in [-0.15, -0.1) is 0 Å². The van der Waals surface area contributed by atoms with E-state index in [9.17, 15) is 9.59 Å². The van der Waals surface area contributed by atoms with Crippen LogP contribution in [0.1, 0.15) is 19.4 Å². The van der Waals surface area contributed by atoms with Gasteiger partial charge in [0.15, 0.2) is 11.5 Å². The first-order chi connectivity index (χ1) is 8.94. The SMILES string of the molecule is CC1(C)Oc2ccc(CN3C(=O)C=CC3=O)cc2O1. The number of carbonyl (C=O) groups excluding carboxylic acids is 2. The first-order valence-electron chi connectivity index (χ1n) is 5.99. The van der Waals surface area contributed by atoms with Crippen molar-refractivity contribution in [3.05, 3.63) is 35.9 Å². The Hall–Kier alpha value is -2.30. The van der Waals surface area contributed by atoms with E-state index in [0.717, 1.165) is 5.56 Å². The van der Waals surface area contributed by atoms with Crippen molar-refractivity contribution >= 4 is 11.8 Å². The molecule has 5 heteroatoms. The Morgan fingerprint density at radius 3 is 2.37 bits per heavy atom. The molecule has 3 rings (SSSR count). The number of benzene rings is 1. The summed E-state index contributed by atoms with van der Waals surface area (Å²) in [5.74, 6) is 0.0495. The van der Waals surface area contributed by atoms with Crippen molar-refractivity contribution in [2.24, 2.45) is 0 Å². The third kappa shape index (κ3) is 2.07. The standard InChI is InChI=1S/C14H13NO4/c1-14(2)18-10-4-3-9(7-11(10)19-14)8-15-12(16)5-6-13(15)17/h3-7H,8H2,1-2H3. The van der Waals surface area contributed by atoms with Crippen LogP contribution < -0.4 is 9.47 Å². The molecule has 2 aliphatic rings. The molecule has 0 saturated carbocycles. The van der Waals surface area contributed by atoms with E-state index in [0.29, 0.717) is 11.5 Å². The van der Waals surface area contributed by atoms with Gasteiger partial charge in [-0.05, 0) is 17.7 Å². The Morgan fingerprint density at radius 2 is 1.68 bits per heavy atom. The summed E-state index contributed by atoms with van der Waals surface area (Å²) in [6.45, 7) is 3.88. The summed E-state index contributed by atoms with van der Waals surface area (Å²) in [6.07, 6.45) is 2.55. The average Bonchev–Trinajstić information content (AvgIpc) is 2.80. The second-order valence-corrected chi connectivity index (χ2v) is 4.98. The molecular weight excluding hydrogens is 246 g/mol. The van der Waals surface area contributed by atoms with E-state index >= 15 is 0 Å². The molecule has 0 saturated heterocycles. The normalized spacial score (nSPS) is 19.4. The zero-order valence-electron chi connectivity index (χ0n) is 10.7. The lowest BCUT2D eigenvalue weighted by atomic mass is 10.2. The van der Waals surface area contributed by atoms with Crippen molar-refractivity contribution in [3.63, 3.8) is 0 Å². The van der Waals surface area contributed by atoms with Crippen molar-refractivity contribution in [1.29, 1.82) is 0 Å². The number of hydrogen-bond acceptors (Lipinski definition) is 4. The largest absolute Gasteiger partial charge is 0.449 e. The Morgan fingerprint density at radius 1 is 1.05 bits per heavy atom. The smallest absolute Gasteiger partial charge is 0.253 e. The second-order valence-electron chi connectivity index (χ2n) is 4.98. The van der Waals surface area contributed by atoms with Crippen LogP contribution in [0.4, 0.5) is 0 Å². The molecule has 1 aromatic carbocycles. The number of nitrogens with zero attached hydrogens (tertiary/aromatic N) is 1. The molecule has 2 aliphatic heterocycles. The summed E-state index contributed by atoms with van der Waals surface area (Å²) in [5, 5.41) is 0. The molecule has 0 unspecified atom stereocenters. The fourth-order valence-corrected chi connectivity index (χ4v) is 2.13. The summed E-state index contributed by atoms with van der Waals surface area (Å²) < 4.78 is 11.2. The van der Waals surface area contributed by atoms with Gasteiger partial charge in [0, 0.05) is 26.0 Å². The van der Waals surface area contributed by atoms with E-state index in [1.165, 1.54) is 17.1 Å². The number of imide groups is 1. The lowest BCUT2D eigenvalue weighted by Crippen LogP contribution is -2.29. The number of ether oxygens (including phenoxy) is 2. The molecule has 1 aromatic rings. The van der Waals surface area contributed by atoms with Gasteiger partial charge in [0.25, 0.3) is 11.8 Å². The number of rotatable bonds is 2. The summed E-state index contributed by atoms with van der Waals surface area (Å²) >= 11 is 0. The molecule has 0 aliphatic carbocycles. The van der Waals surface area contributed by atoms with Crippen LogP contribution in [0.3, 0.4) is 0 Å². The van der Waals surface area contributed by atoms with Crippen LogP contribution in [0.25, 0.3) is 0 Å². The fraction of sp³-hybridized carbons (Fsp3) is 0.286. The highest BCUT2D eigenvalue weighted by Crippen LogP contribution is 2.39. The van der Waals surface area contributed by atoms with Crippen LogP contribution in [0.15, 0.2) is 30.4 Å². The third-order valence-electron chi connectivity index (χ3n) is 2.96. The van der Waals surface area contributed by atoms with Gasteiger partial charge in [0.1, 0.15) is 0 Å². The molecule has 19 heavy (non-hydrogen) atoms. The molecule has 0 fully saturated rings. The summed E-state index contributed by atoms with van der Waals surface area (Å²) in [6, 6.07) is 5.41. The highest BCUT2D eigenvalue weighted by molar-refractivity contribution is 6.12. The Bertz CT molecular complexity index is 585. The van der Waals surface area contributed by atoms with Gasteiger partial charge < -0.3 is 9.47 Å². The van der Waals surface area contributed by atoms with Gasteiger partial charge in [0.05, 0.1) is 6.54 Å². The lowest BCUT2D eigenvalue weighted by molar-refractivity contribution is -0.137. The summed E-state index contributed by atoms with van der Waals surface area (Å²) in [4.78, 5) is 24.2. The molecule has 0 aromatic heterocycles. The van der Waals surface area contributed by atoms with E-state index in [2.05, 4.69) is 0 Å². The van der Waals surface area contributed by atoms with Crippen LogP contribution in [0, 0.1) is 0 Å². The van der Waals surface area contributed by atoms with Gasteiger partial charge in [-0.25, -0.2) is 0 Å². The minimum Gasteiger partial charge on any atom is -0.449 e. The Labute approximate surface area is 110 Å². The highest BCUT2D eigenvalue weighted by Gasteiger charge is 2.32. The fourth-order valence-electron chi connectivity index (χ4n) is 2.13. The second kappa shape index (κ2) is 3.85. The minimum absolute atomic E-state index is 0.238. The van der Waals surface area contributed by atoms with Gasteiger partial charge >= 0.3 is 0 Å². The number of hydrogen-bond donors (Lipinski definition) is 0. The zero-order chi connectivity index (χ0) is 13.6. The molecule has 5 nitrogen and oxygen atoms in total. The van der Waals surface area contributed by atoms with Crippen LogP contribution in [-0.2, 0) is 16.1 Å². The van der Waals surface area contributed by atoms with E-state index in [1.807, 2.05) is 19.9 Å². The third-order valence-corrected chi connectivity index (χ3v) is 2.96.